The Morgan fingerprint density at radius 2 is 1.62 bits per heavy atom. The van der Waals surface area contributed by atoms with Gasteiger partial charge >= 0.3 is 0 Å². The van der Waals surface area contributed by atoms with Crippen LogP contribution in [0.4, 0.5) is 11.4 Å². The second-order valence-electron chi connectivity index (χ2n) is 7.47. The van der Waals surface area contributed by atoms with Crippen molar-refractivity contribution < 1.29 is 14.4 Å². The predicted octanol–water partition coefficient (Wildman–Crippen LogP) is 5.72. The number of benzene rings is 3. The quantitative estimate of drug-likeness (QED) is 0.395. The fraction of sp³-hybridized carbons (Fsp3) is 0.0800. The lowest BCUT2D eigenvalue weighted by Crippen LogP contribution is -2.34. The molecule has 0 spiro atoms. The average Bonchev–Trinajstić information content (AvgIpc) is 3.03. The first-order chi connectivity index (χ1) is 16.3. The van der Waals surface area contributed by atoms with Gasteiger partial charge in [0.15, 0.2) is 0 Å². The van der Waals surface area contributed by atoms with Crippen LogP contribution in [0, 0.1) is 0 Å². The summed E-state index contributed by atoms with van der Waals surface area (Å²) in [5.41, 5.74) is 2.11. The molecular weight excluding hydrogens is 497 g/mol. The number of hydrogen-bond acceptors (Lipinski definition) is 4. The van der Waals surface area contributed by atoms with E-state index < -0.39 is 17.7 Å². The highest BCUT2D eigenvalue weighted by atomic mass is 35.5. The molecule has 0 radical (unpaired) electrons. The molecule has 2 N–H and O–H groups in total. The maximum atomic E-state index is 12.9. The summed E-state index contributed by atoms with van der Waals surface area (Å²) in [6.07, 6.45) is 0.513. The lowest BCUT2D eigenvalue weighted by atomic mass is 10.1. The van der Waals surface area contributed by atoms with Crippen LogP contribution in [0.3, 0.4) is 0 Å². The molecule has 172 valence electrons. The smallest absolute Gasteiger partial charge is 0.278 e. The van der Waals surface area contributed by atoms with Gasteiger partial charge < -0.3 is 10.6 Å². The maximum absolute atomic E-state index is 12.9. The van der Waals surface area contributed by atoms with Gasteiger partial charge in [-0.25, -0.2) is 0 Å². The van der Waals surface area contributed by atoms with Crippen molar-refractivity contribution in [2.24, 2.45) is 0 Å². The van der Waals surface area contributed by atoms with E-state index in [1.54, 1.807) is 36.4 Å². The van der Waals surface area contributed by atoms with Gasteiger partial charge in [0.25, 0.3) is 17.7 Å². The number of amides is 3. The van der Waals surface area contributed by atoms with Crippen molar-refractivity contribution in [3.05, 3.63) is 105 Å². The summed E-state index contributed by atoms with van der Waals surface area (Å²) < 4.78 is 0. The molecular formula is C25H18Cl3N3O3. The van der Waals surface area contributed by atoms with Crippen molar-refractivity contribution in [3.8, 4) is 0 Å². The number of anilines is 2. The van der Waals surface area contributed by atoms with E-state index in [2.05, 4.69) is 10.6 Å². The molecule has 1 aliphatic rings. The Morgan fingerprint density at radius 1 is 0.853 bits per heavy atom. The number of carbonyl (C=O) groups excluding carboxylic acids is 3. The van der Waals surface area contributed by atoms with Crippen LogP contribution in [-0.2, 0) is 16.0 Å². The highest BCUT2D eigenvalue weighted by Crippen LogP contribution is 2.28. The number of nitrogens with zero attached hydrogens (tertiary/aromatic N) is 1. The number of nitrogens with one attached hydrogen (secondary N) is 2. The molecule has 6 nitrogen and oxygen atoms in total. The second-order valence-corrected chi connectivity index (χ2v) is 8.69. The molecule has 1 heterocycles. The zero-order valence-electron chi connectivity index (χ0n) is 17.6. The van der Waals surface area contributed by atoms with Crippen molar-refractivity contribution in [3.63, 3.8) is 0 Å². The largest absolute Gasteiger partial charge is 0.350 e. The first-order valence-corrected chi connectivity index (χ1v) is 11.4. The Bertz CT molecular complexity index is 1310. The molecule has 0 saturated heterocycles. The van der Waals surface area contributed by atoms with Gasteiger partial charge in [-0.1, -0.05) is 71.2 Å². The van der Waals surface area contributed by atoms with E-state index in [-0.39, 0.29) is 17.3 Å². The molecule has 34 heavy (non-hydrogen) atoms. The standard InChI is InChI=1S/C25H18Cl3N3O3/c26-17-9-10-20(19(27)14-17)30-23(32)16-7-4-8-18(13-16)29-22-21(28)24(33)31(25(22)34)12-11-15-5-2-1-3-6-15/h1-10,13-14,29H,11-12H2,(H,30,32). The molecule has 3 amide bonds. The molecule has 0 unspecified atom stereocenters. The second kappa shape index (κ2) is 10.3. The minimum Gasteiger partial charge on any atom is -0.350 e. The molecule has 0 aromatic heterocycles. The molecule has 0 atom stereocenters. The molecule has 4 rings (SSSR count). The summed E-state index contributed by atoms with van der Waals surface area (Å²) in [4.78, 5) is 39.2. The van der Waals surface area contributed by atoms with Crippen molar-refractivity contribution in [2.75, 3.05) is 17.2 Å². The molecule has 0 bridgehead atoms. The van der Waals surface area contributed by atoms with Gasteiger partial charge in [-0.2, -0.15) is 0 Å². The van der Waals surface area contributed by atoms with E-state index >= 15 is 0 Å². The SMILES string of the molecule is O=C(Nc1ccc(Cl)cc1Cl)c1cccc(NC2=C(Cl)C(=O)N(CCc3ccccc3)C2=O)c1. The van der Waals surface area contributed by atoms with Crippen LogP contribution in [0.25, 0.3) is 0 Å². The first-order valence-electron chi connectivity index (χ1n) is 10.3. The third-order valence-electron chi connectivity index (χ3n) is 5.15. The summed E-state index contributed by atoms with van der Waals surface area (Å²) in [6.45, 7) is 0.202. The molecule has 0 fully saturated rings. The fourth-order valence-electron chi connectivity index (χ4n) is 3.41. The van der Waals surface area contributed by atoms with E-state index in [0.717, 1.165) is 10.5 Å². The number of imide groups is 1. The fourth-order valence-corrected chi connectivity index (χ4v) is 4.10. The number of halogens is 3. The first kappa shape index (κ1) is 23.8. The lowest BCUT2D eigenvalue weighted by Gasteiger charge is -2.15. The number of carbonyl (C=O) groups is 3. The van der Waals surface area contributed by atoms with Crippen molar-refractivity contribution >= 4 is 63.9 Å². The zero-order chi connectivity index (χ0) is 24.2. The Balaban J connectivity index is 1.46. The Morgan fingerprint density at radius 3 is 2.35 bits per heavy atom. The summed E-state index contributed by atoms with van der Waals surface area (Å²) >= 11 is 18.2. The van der Waals surface area contributed by atoms with Crippen molar-refractivity contribution in [1.29, 1.82) is 0 Å². The minimum absolute atomic E-state index is 0.0296. The topological polar surface area (TPSA) is 78.5 Å². The van der Waals surface area contributed by atoms with E-state index in [1.807, 2.05) is 30.3 Å². The van der Waals surface area contributed by atoms with Gasteiger partial charge in [0.2, 0.25) is 0 Å². The summed E-state index contributed by atoms with van der Waals surface area (Å²) in [6, 6.07) is 20.7. The molecule has 1 aliphatic heterocycles. The highest BCUT2D eigenvalue weighted by molar-refractivity contribution is 6.48. The highest BCUT2D eigenvalue weighted by Gasteiger charge is 2.37. The number of rotatable bonds is 7. The van der Waals surface area contributed by atoms with Crippen LogP contribution >= 0.6 is 34.8 Å². The van der Waals surface area contributed by atoms with Gasteiger partial charge in [0.05, 0.1) is 10.7 Å². The van der Waals surface area contributed by atoms with Crippen LogP contribution in [-0.4, -0.2) is 29.2 Å². The summed E-state index contributed by atoms with van der Waals surface area (Å²) in [5, 5.41) is 6.16. The van der Waals surface area contributed by atoms with Crippen LogP contribution in [0.5, 0.6) is 0 Å². The predicted molar refractivity (Wildman–Crippen MR) is 134 cm³/mol. The van der Waals surface area contributed by atoms with Crippen LogP contribution < -0.4 is 10.6 Å². The Hall–Kier alpha value is -3.32. The third-order valence-corrected chi connectivity index (χ3v) is 6.05. The Labute approximate surface area is 211 Å². The molecule has 3 aromatic carbocycles. The molecule has 9 heteroatoms. The third kappa shape index (κ3) is 5.25. The monoisotopic (exact) mass is 513 g/mol. The van der Waals surface area contributed by atoms with Crippen LogP contribution in [0.2, 0.25) is 10.0 Å². The molecule has 3 aromatic rings. The van der Waals surface area contributed by atoms with Gasteiger partial charge in [0, 0.05) is 22.8 Å². The van der Waals surface area contributed by atoms with Crippen molar-refractivity contribution in [1.82, 2.24) is 4.90 Å². The maximum Gasteiger partial charge on any atom is 0.278 e. The Kier molecular flexibility index (Phi) is 7.22. The van der Waals surface area contributed by atoms with Gasteiger partial charge in [-0.3, -0.25) is 19.3 Å². The lowest BCUT2D eigenvalue weighted by molar-refractivity contribution is -0.137. The average molecular weight is 515 g/mol. The van der Waals surface area contributed by atoms with E-state index in [0.29, 0.717) is 33.4 Å². The van der Waals surface area contributed by atoms with E-state index in [9.17, 15) is 14.4 Å². The molecule has 0 saturated carbocycles. The van der Waals surface area contributed by atoms with E-state index in [1.165, 1.54) is 6.07 Å². The van der Waals surface area contributed by atoms with Crippen molar-refractivity contribution in [2.45, 2.75) is 6.42 Å². The van der Waals surface area contributed by atoms with Crippen LogP contribution in [0.15, 0.2) is 83.5 Å². The van der Waals surface area contributed by atoms with Gasteiger partial charge in [-0.15, -0.1) is 0 Å². The normalized spacial score (nSPS) is 13.4. The van der Waals surface area contributed by atoms with E-state index in [4.69, 9.17) is 34.8 Å². The number of hydrogen-bond donors (Lipinski definition) is 2. The van der Waals surface area contributed by atoms with Gasteiger partial charge in [0.1, 0.15) is 10.7 Å². The van der Waals surface area contributed by atoms with Crippen LogP contribution in [0.1, 0.15) is 15.9 Å². The minimum atomic E-state index is -0.559. The zero-order valence-corrected chi connectivity index (χ0v) is 19.9. The summed E-state index contributed by atoms with van der Waals surface area (Å²) in [7, 11) is 0. The van der Waals surface area contributed by atoms with Gasteiger partial charge in [-0.05, 0) is 48.4 Å². The summed E-state index contributed by atoms with van der Waals surface area (Å²) in [5.74, 6) is -1.49. The molecule has 0 aliphatic carbocycles.